The van der Waals surface area contributed by atoms with Crippen molar-refractivity contribution in [3.63, 3.8) is 0 Å². The van der Waals surface area contributed by atoms with Crippen LogP contribution >= 0.6 is 15.9 Å². The number of aromatic nitrogens is 2. The molecule has 1 aromatic carbocycles. The molecule has 0 saturated carbocycles. The van der Waals surface area contributed by atoms with Gasteiger partial charge in [-0.3, -0.25) is 4.79 Å². The maximum atomic E-state index is 13.1. The van der Waals surface area contributed by atoms with Crippen LogP contribution in [-0.2, 0) is 0 Å². The lowest BCUT2D eigenvalue weighted by atomic mass is 10.2. The lowest BCUT2D eigenvalue weighted by Gasteiger charge is -2.07. The molecule has 0 aliphatic heterocycles. The first-order valence-electron chi connectivity index (χ1n) is 4.89. The summed E-state index contributed by atoms with van der Waals surface area (Å²) in [4.78, 5) is 19.5. The van der Waals surface area contributed by atoms with Gasteiger partial charge in [0.15, 0.2) is 0 Å². The van der Waals surface area contributed by atoms with Gasteiger partial charge in [0.2, 0.25) is 0 Å². The van der Waals surface area contributed by atoms with Crippen molar-refractivity contribution in [1.29, 1.82) is 0 Å². The molecular formula is C11H8BrFN4O. The molecule has 0 fully saturated rings. The number of halogens is 2. The highest BCUT2D eigenvalue weighted by atomic mass is 79.9. The third-order valence-corrected chi connectivity index (χ3v) is 2.81. The minimum atomic E-state index is -0.582. The largest absolute Gasteiger partial charge is 0.396 e. The lowest BCUT2D eigenvalue weighted by molar-refractivity contribution is 0.102. The van der Waals surface area contributed by atoms with Crippen molar-refractivity contribution in [2.75, 3.05) is 11.1 Å². The molecule has 1 heterocycles. The van der Waals surface area contributed by atoms with Gasteiger partial charge < -0.3 is 11.1 Å². The van der Waals surface area contributed by atoms with Gasteiger partial charge in [-0.1, -0.05) is 0 Å². The van der Waals surface area contributed by atoms with Crippen LogP contribution in [0.2, 0.25) is 0 Å². The molecule has 1 aromatic heterocycles. The van der Waals surface area contributed by atoms with Crippen LogP contribution in [0.25, 0.3) is 0 Å². The van der Waals surface area contributed by atoms with E-state index in [0.29, 0.717) is 10.2 Å². The quantitative estimate of drug-likeness (QED) is 0.833. The standard InChI is InChI=1S/C11H8BrFN4O/c12-8-2-9(13)10(14)1-7(8)11(18)17-6-3-15-5-16-4-6/h1-5H,14H2,(H,17,18). The number of nitrogens with one attached hydrogen (secondary N) is 1. The summed E-state index contributed by atoms with van der Waals surface area (Å²) in [5, 5.41) is 2.57. The summed E-state index contributed by atoms with van der Waals surface area (Å²) in [5.41, 5.74) is 6.01. The van der Waals surface area contributed by atoms with Gasteiger partial charge in [-0.2, -0.15) is 0 Å². The normalized spacial score (nSPS) is 10.1. The minimum Gasteiger partial charge on any atom is -0.396 e. The number of hydrogen-bond acceptors (Lipinski definition) is 4. The van der Waals surface area contributed by atoms with E-state index in [-0.39, 0.29) is 11.3 Å². The Kier molecular flexibility index (Phi) is 3.52. The first kappa shape index (κ1) is 12.4. The van der Waals surface area contributed by atoms with Crippen LogP contribution in [0.4, 0.5) is 15.8 Å². The molecule has 2 rings (SSSR count). The molecular weight excluding hydrogens is 303 g/mol. The smallest absolute Gasteiger partial charge is 0.256 e. The number of carbonyl (C=O) groups is 1. The van der Waals surface area contributed by atoms with Crippen LogP contribution in [0.15, 0.2) is 35.3 Å². The molecule has 0 bridgehead atoms. The molecule has 0 spiro atoms. The zero-order chi connectivity index (χ0) is 13.1. The fourth-order valence-corrected chi connectivity index (χ4v) is 1.80. The highest BCUT2D eigenvalue weighted by Crippen LogP contribution is 2.23. The second-order valence-electron chi connectivity index (χ2n) is 3.43. The van der Waals surface area contributed by atoms with Crippen LogP contribution in [0, 0.1) is 5.82 Å². The van der Waals surface area contributed by atoms with Gasteiger partial charge in [-0.25, -0.2) is 14.4 Å². The lowest BCUT2D eigenvalue weighted by Crippen LogP contribution is -2.13. The SMILES string of the molecule is Nc1cc(C(=O)Nc2cncnc2)c(Br)cc1F. The zero-order valence-electron chi connectivity index (χ0n) is 9.02. The molecule has 7 heteroatoms. The van der Waals surface area contributed by atoms with Gasteiger partial charge in [0.1, 0.15) is 12.1 Å². The van der Waals surface area contributed by atoms with E-state index in [1.807, 2.05) is 0 Å². The number of nitrogens with zero attached hydrogens (tertiary/aromatic N) is 2. The summed E-state index contributed by atoms with van der Waals surface area (Å²) in [6, 6.07) is 2.41. The summed E-state index contributed by atoms with van der Waals surface area (Å²) >= 11 is 3.11. The average Bonchev–Trinajstić information content (AvgIpc) is 2.35. The van der Waals surface area contributed by atoms with Gasteiger partial charge in [0, 0.05) is 4.47 Å². The Morgan fingerprint density at radius 2 is 2.00 bits per heavy atom. The molecule has 0 saturated heterocycles. The minimum absolute atomic E-state index is 0.0901. The maximum Gasteiger partial charge on any atom is 0.256 e. The summed E-state index contributed by atoms with van der Waals surface area (Å²) in [6.45, 7) is 0. The predicted octanol–water partition coefficient (Wildman–Crippen LogP) is 2.21. The molecule has 0 aliphatic rings. The number of benzene rings is 1. The second-order valence-corrected chi connectivity index (χ2v) is 4.29. The zero-order valence-corrected chi connectivity index (χ0v) is 10.6. The Hall–Kier alpha value is -2.02. The van der Waals surface area contributed by atoms with Crippen molar-refractivity contribution < 1.29 is 9.18 Å². The molecule has 3 N–H and O–H groups in total. The third-order valence-electron chi connectivity index (χ3n) is 2.15. The van der Waals surface area contributed by atoms with Crippen molar-refractivity contribution in [3.05, 3.63) is 46.7 Å². The van der Waals surface area contributed by atoms with Crippen molar-refractivity contribution in [3.8, 4) is 0 Å². The summed E-state index contributed by atoms with van der Waals surface area (Å²) in [6.07, 6.45) is 4.25. The summed E-state index contributed by atoms with van der Waals surface area (Å²) in [5.74, 6) is -1.01. The molecule has 0 aliphatic carbocycles. The van der Waals surface area contributed by atoms with Crippen LogP contribution in [-0.4, -0.2) is 15.9 Å². The number of amides is 1. The van der Waals surface area contributed by atoms with Crippen molar-refractivity contribution in [2.45, 2.75) is 0 Å². The van der Waals surface area contributed by atoms with E-state index in [2.05, 4.69) is 31.2 Å². The van der Waals surface area contributed by atoms with Gasteiger partial charge in [-0.05, 0) is 28.1 Å². The third kappa shape index (κ3) is 2.62. The van der Waals surface area contributed by atoms with Crippen molar-refractivity contribution in [2.24, 2.45) is 0 Å². The van der Waals surface area contributed by atoms with Gasteiger partial charge in [-0.15, -0.1) is 0 Å². The fraction of sp³-hybridized carbons (Fsp3) is 0. The van der Waals surface area contributed by atoms with E-state index in [0.717, 1.165) is 6.07 Å². The Labute approximate surface area is 110 Å². The van der Waals surface area contributed by atoms with Gasteiger partial charge in [0.25, 0.3) is 5.91 Å². The van der Waals surface area contributed by atoms with Crippen LogP contribution in [0.3, 0.4) is 0 Å². The van der Waals surface area contributed by atoms with E-state index in [1.54, 1.807) is 0 Å². The van der Waals surface area contributed by atoms with Crippen molar-refractivity contribution >= 4 is 33.2 Å². The molecule has 0 atom stereocenters. The molecule has 2 aromatic rings. The van der Waals surface area contributed by atoms with Crippen LogP contribution < -0.4 is 11.1 Å². The predicted molar refractivity (Wildman–Crippen MR) is 68.5 cm³/mol. The summed E-state index contributed by atoms with van der Waals surface area (Å²) in [7, 11) is 0. The Balaban J connectivity index is 2.27. The molecule has 5 nitrogen and oxygen atoms in total. The van der Waals surface area contributed by atoms with Gasteiger partial charge in [0.05, 0.1) is 29.3 Å². The van der Waals surface area contributed by atoms with E-state index in [1.165, 1.54) is 24.8 Å². The number of anilines is 2. The number of nitrogen functional groups attached to an aromatic ring is 1. The topological polar surface area (TPSA) is 80.9 Å². The maximum absolute atomic E-state index is 13.1. The van der Waals surface area contributed by atoms with Crippen molar-refractivity contribution in [1.82, 2.24) is 9.97 Å². The molecule has 92 valence electrons. The van der Waals surface area contributed by atoms with Crippen LogP contribution in [0.5, 0.6) is 0 Å². The molecule has 0 radical (unpaired) electrons. The Morgan fingerprint density at radius 3 is 2.67 bits per heavy atom. The highest BCUT2D eigenvalue weighted by molar-refractivity contribution is 9.10. The number of rotatable bonds is 2. The average molecular weight is 311 g/mol. The molecule has 1 amide bonds. The van der Waals surface area contributed by atoms with E-state index in [9.17, 15) is 9.18 Å². The van der Waals surface area contributed by atoms with E-state index >= 15 is 0 Å². The Bertz CT molecular complexity index is 591. The second kappa shape index (κ2) is 5.09. The van der Waals surface area contributed by atoms with E-state index in [4.69, 9.17) is 5.73 Å². The molecule has 0 unspecified atom stereocenters. The first-order chi connectivity index (χ1) is 8.58. The van der Waals surface area contributed by atoms with Crippen LogP contribution in [0.1, 0.15) is 10.4 Å². The number of carbonyl (C=O) groups excluding carboxylic acids is 1. The monoisotopic (exact) mass is 310 g/mol. The molecule has 18 heavy (non-hydrogen) atoms. The number of nitrogens with two attached hydrogens (primary N) is 1. The highest BCUT2D eigenvalue weighted by Gasteiger charge is 2.13. The van der Waals surface area contributed by atoms with Gasteiger partial charge >= 0.3 is 0 Å². The first-order valence-corrected chi connectivity index (χ1v) is 5.68. The Morgan fingerprint density at radius 1 is 1.33 bits per heavy atom. The number of hydrogen-bond donors (Lipinski definition) is 2. The van der Waals surface area contributed by atoms with E-state index < -0.39 is 11.7 Å². The fourth-order valence-electron chi connectivity index (χ4n) is 1.30. The summed E-state index contributed by atoms with van der Waals surface area (Å²) < 4.78 is 13.5.